The number of aromatic nitrogens is 2. The number of halogens is 1. The van der Waals surface area contributed by atoms with Gasteiger partial charge >= 0.3 is 5.35 Å². The van der Waals surface area contributed by atoms with Crippen molar-refractivity contribution >= 4 is 11.6 Å². The van der Waals surface area contributed by atoms with Gasteiger partial charge in [-0.25, -0.2) is 0 Å². The van der Waals surface area contributed by atoms with Crippen LogP contribution in [0.15, 0.2) is 4.42 Å². The first-order valence-corrected chi connectivity index (χ1v) is 5.14. The van der Waals surface area contributed by atoms with E-state index in [4.69, 9.17) is 16.0 Å². The Morgan fingerprint density at radius 3 is 2.62 bits per heavy atom. The van der Waals surface area contributed by atoms with Crippen molar-refractivity contribution in [3.8, 4) is 0 Å². The Morgan fingerprint density at radius 1 is 1.38 bits per heavy atom. The Kier molecular flexibility index (Phi) is 4.22. The van der Waals surface area contributed by atoms with Crippen molar-refractivity contribution in [2.45, 2.75) is 45.4 Å². The Bertz CT molecular complexity index is 250. The molecular weight excluding hydrogens is 188 g/mol. The summed E-state index contributed by atoms with van der Waals surface area (Å²) in [6, 6.07) is 0. The van der Waals surface area contributed by atoms with Crippen LogP contribution < -0.4 is 0 Å². The molecule has 74 valence electrons. The molecule has 0 radical (unpaired) electrons. The van der Waals surface area contributed by atoms with Crippen LogP contribution in [0.3, 0.4) is 0 Å². The number of hydrogen-bond acceptors (Lipinski definition) is 3. The van der Waals surface area contributed by atoms with Gasteiger partial charge in [-0.1, -0.05) is 31.8 Å². The quantitative estimate of drug-likeness (QED) is 0.735. The Labute approximate surface area is 83.5 Å². The smallest absolute Gasteiger partial charge is 0.312 e. The van der Waals surface area contributed by atoms with Crippen LogP contribution in [0.1, 0.15) is 51.3 Å². The van der Waals surface area contributed by atoms with E-state index in [1.54, 1.807) is 0 Å². The van der Waals surface area contributed by atoms with Crippen LogP contribution in [-0.2, 0) is 0 Å². The molecule has 0 aliphatic carbocycles. The zero-order chi connectivity index (χ0) is 9.68. The van der Waals surface area contributed by atoms with Crippen LogP contribution in [0.25, 0.3) is 0 Å². The van der Waals surface area contributed by atoms with E-state index in [2.05, 4.69) is 24.0 Å². The molecule has 0 aromatic carbocycles. The Hall–Kier alpha value is -0.570. The summed E-state index contributed by atoms with van der Waals surface area (Å²) in [5.74, 6) is 1.06. The molecule has 1 aromatic heterocycles. The second kappa shape index (κ2) is 5.22. The molecule has 1 rings (SSSR count). The van der Waals surface area contributed by atoms with E-state index >= 15 is 0 Å². The summed E-state index contributed by atoms with van der Waals surface area (Å²) < 4.78 is 5.18. The SMILES string of the molecule is CCCCC(CC)c1nnc(Cl)o1. The van der Waals surface area contributed by atoms with Gasteiger partial charge in [-0.05, 0) is 24.4 Å². The third-order valence-corrected chi connectivity index (χ3v) is 2.32. The summed E-state index contributed by atoms with van der Waals surface area (Å²) in [5, 5.41) is 7.68. The van der Waals surface area contributed by atoms with Crippen molar-refractivity contribution in [3.05, 3.63) is 11.2 Å². The minimum absolute atomic E-state index is 0.143. The minimum atomic E-state index is 0.143. The third-order valence-electron chi connectivity index (χ3n) is 2.16. The van der Waals surface area contributed by atoms with Crippen LogP contribution in [0, 0.1) is 0 Å². The van der Waals surface area contributed by atoms with Gasteiger partial charge in [0.1, 0.15) is 0 Å². The zero-order valence-corrected chi connectivity index (χ0v) is 8.84. The average Bonchev–Trinajstić information content (AvgIpc) is 2.54. The fourth-order valence-corrected chi connectivity index (χ4v) is 1.45. The van der Waals surface area contributed by atoms with Crippen molar-refractivity contribution in [3.63, 3.8) is 0 Å². The van der Waals surface area contributed by atoms with E-state index in [-0.39, 0.29) is 5.35 Å². The van der Waals surface area contributed by atoms with Gasteiger partial charge in [0.2, 0.25) is 5.89 Å². The van der Waals surface area contributed by atoms with E-state index in [9.17, 15) is 0 Å². The summed E-state index contributed by atoms with van der Waals surface area (Å²) in [4.78, 5) is 0. The van der Waals surface area contributed by atoms with Crippen LogP contribution in [-0.4, -0.2) is 10.2 Å². The molecule has 0 bridgehead atoms. The van der Waals surface area contributed by atoms with Gasteiger partial charge in [-0.3, -0.25) is 0 Å². The number of rotatable bonds is 5. The molecule has 0 aliphatic rings. The monoisotopic (exact) mass is 202 g/mol. The van der Waals surface area contributed by atoms with Crippen molar-refractivity contribution < 1.29 is 4.42 Å². The molecule has 0 aliphatic heterocycles. The van der Waals surface area contributed by atoms with Gasteiger partial charge in [-0.2, -0.15) is 0 Å². The standard InChI is InChI=1S/C9H15ClN2O/c1-3-5-6-7(4-2)8-11-12-9(10)13-8/h7H,3-6H2,1-2H3. The Balaban J connectivity index is 2.56. The molecular formula is C9H15ClN2O. The Morgan fingerprint density at radius 2 is 2.15 bits per heavy atom. The lowest BCUT2D eigenvalue weighted by atomic mass is 10.00. The number of hydrogen-bond donors (Lipinski definition) is 0. The molecule has 0 saturated carbocycles. The van der Waals surface area contributed by atoms with Crippen LogP contribution in [0.4, 0.5) is 0 Å². The fraction of sp³-hybridized carbons (Fsp3) is 0.778. The van der Waals surface area contributed by atoms with Crippen molar-refractivity contribution in [1.29, 1.82) is 0 Å². The molecule has 0 amide bonds. The normalized spacial score (nSPS) is 13.2. The summed E-state index contributed by atoms with van der Waals surface area (Å²) in [7, 11) is 0. The van der Waals surface area contributed by atoms with Gasteiger partial charge in [0.05, 0.1) is 0 Å². The number of unbranched alkanes of at least 4 members (excludes halogenated alkanes) is 1. The highest BCUT2D eigenvalue weighted by Crippen LogP contribution is 2.24. The summed E-state index contributed by atoms with van der Waals surface area (Å²) in [6.07, 6.45) is 4.51. The maximum absolute atomic E-state index is 5.56. The lowest BCUT2D eigenvalue weighted by Crippen LogP contribution is -1.97. The molecule has 0 spiro atoms. The van der Waals surface area contributed by atoms with Gasteiger partial charge in [0, 0.05) is 5.92 Å². The molecule has 1 unspecified atom stereocenters. The highest BCUT2D eigenvalue weighted by molar-refractivity contribution is 6.27. The topological polar surface area (TPSA) is 38.9 Å². The lowest BCUT2D eigenvalue weighted by Gasteiger charge is -2.08. The largest absolute Gasteiger partial charge is 0.412 e. The summed E-state index contributed by atoms with van der Waals surface area (Å²) in [5.41, 5.74) is 0. The van der Waals surface area contributed by atoms with Gasteiger partial charge in [-0.15, -0.1) is 5.10 Å². The molecule has 1 aromatic rings. The molecule has 1 heterocycles. The first kappa shape index (κ1) is 10.5. The predicted molar refractivity (Wildman–Crippen MR) is 51.9 cm³/mol. The molecule has 13 heavy (non-hydrogen) atoms. The van der Waals surface area contributed by atoms with E-state index in [1.807, 2.05) is 0 Å². The third kappa shape index (κ3) is 2.99. The maximum Gasteiger partial charge on any atom is 0.312 e. The first-order chi connectivity index (χ1) is 6.27. The number of nitrogens with zero attached hydrogens (tertiary/aromatic N) is 2. The average molecular weight is 203 g/mol. The van der Waals surface area contributed by atoms with Crippen molar-refractivity contribution in [2.24, 2.45) is 0 Å². The van der Waals surface area contributed by atoms with E-state index < -0.39 is 0 Å². The minimum Gasteiger partial charge on any atom is -0.412 e. The zero-order valence-electron chi connectivity index (χ0n) is 8.09. The van der Waals surface area contributed by atoms with E-state index in [1.165, 1.54) is 12.8 Å². The van der Waals surface area contributed by atoms with Gasteiger partial charge < -0.3 is 4.42 Å². The highest BCUT2D eigenvalue weighted by Gasteiger charge is 2.15. The molecule has 3 nitrogen and oxygen atoms in total. The van der Waals surface area contributed by atoms with Crippen molar-refractivity contribution in [1.82, 2.24) is 10.2 Å². The molecule has 0 N–H and O–H groups in total. The second-order valence-corrected chi connectivity index (χ2v) is 3.46. The van der Waals surface area contributed by atoms with Crippen LogP contribution >= 0.6 is 11.6 Å². The van der Waals surface area contributed by atoms with E-state index in [0.717, 1.165) is 12.8 Å². The van der Waals surface area contributed by atoms with Crippen LogP contribution in [0.5, 0.6) is 0 Å². The molecule has 0 saturated heterocycles. The predicted octanol–water partition coefficient (Wildman–Crippen LogP) is 3.41. The summed E-state index contributed by atoms with van der Waals surface area (Å²) >= 11 is 5.56. The molecule has 0 fully saturated rings. The summed E-state index contributed by atoms with van der Waals surface area (Å²) in [6.45, 7) is 4.30. The first-order valence-electron chi connectivity index (χ1n) is 4.76. The van der Waals surface area contributed by atoms with Gasteiger partial charge in [0.15, 0.2) is 0 Å². The van der Waals surface area contributed by atoms with Crippen molar-refractivity contribution in [2.75, 3.05) is 0 Å². The van der Waals surface area contributed by atoms with E-state index in [0.29, 0.717) is 11.8 Å². The maximum atomic E-state index is 5.56. The van der Waals surface area contributed by atoms with Gasteiger partial charge in [0.25, 0.3) is 0 Å². The van der Waals surface area contributed by atoms with Crippen LogP contribution in [0.2, 0.25) is 5.35 Å². The molecule has 4 heteroatoms. The fourth-order valence-electron chi connectivity index (χ4n) is 1.33. The lowest BCUT2D eigenvalue weighted by molar-refractivity contribution is 0.417. The second-order valence-electron chi connectivity index (χ2n) is 3.14. The molecule has 1 atom stereocenters. The highest BCUT2D eigenvalue weighted by atomic mass is 35.5.